The molecule has 0 spiro atoms. The summed E-state index contributed by atoms with van der Waals surface area (Å²) in [6, 6.07) is 11.5. The molecule has 2 rings (SSSR count). The van der Waals surface area contributed by atoms with Crippen LogP contribution in [0, 0.1) is 0 Å². The molecule has 0 bridgehead atoms. The number of nitrogens with two attached hydrogens (primary N) is 1. The summed E-state index contributed by atoms with van der Waals surface area (Å²) in [6.07, 6.45) is 1.71. The molecule has 0 saturated heterocycles. The predicted octanol–water partition coefficient (Wildman–Crippen LogP) is 2.13. The van der Waals surface area contributed by atoms with Gasteiger partial charge in [-0.25, -0.2) is 0 Å². The molecule has 0 aliphatic carbocycles. The topological polar surface area (TPSA) is 57.4 Å². The number of ether oxygens (including phenoxy) is 2. The summed E-state index contributed by atoms with van der Waals surface area (Å²) in [6.45, 7) is 0.837. The molecule has 0 aliphatic rings. The predicted molar refractivity (Wildman–Crippen MR) is 69.5 cm³/mol. The second-order valence-corrected chi connectivity index (χ2v) is 3.79. The maximum atomic E-state index is 5.72. The van der Waals surface area contributed by atoms with Crippen molar-refractivity contribution < 1.29 is 9.47 Å². The maximum absolute atomic E-state index is 5.72. The average molecular weight is 244 g/mol. The first-order chi connectivity index (χ1) is 8.83. The third-order valence-corrected chi connectivity index (χ3v) is 2.57. The molecule has 0 saturated carbocycles. The highest BCUT2D eigenvalue weighted by molar-refractivity contribution is 5.30. The lowest BCUT2D eigenvalue weighted by atomic mass is 10.2. The van der Waals surface area contributed by atoms with Gasteiger partial charge in [-0.2, -0.15) is 0 Å². The summed E-state index contributed by atoms with van der Waals surface area (Å²) in [4.78, 5) is 4.17. The molecule has 4 nitrogen and oxygen atoms in total. The molecule has 18 heavy (non-hydrogen) atoms. The van der Waals surface area contributed by atoms with E-state index < -0.39 is 0 Å². The molecular weight excluding hydrogens is 228 g/mol. The van der Waals surface area contributed by atoms with Crippen LogP contribution in [0.3, 0.4) is 0 Å². The van der Waals surface area contributed by atoms with Crippen molar-refractivity contribution >= 4 is 0 Å². The standard InChI is InChI=1S/C14H16N2O2/c1-17-12-5-2-4-11(8-12)10-18-14-6-3-7-16-13(14)9-15/h2-8H,9-10,15H2,1H3. The van der Waals surface area contributed by atoms with Crippen LogP contribution < -0.4 is 15.2 Å². The quantitative estimate of drug-likeness (QED) is 0.875. The van der Waals surface area contributed by atoms with Crippen LogP contribution >= 0.6 is 0 Å². The molecule has 0 amide bonds. The van der Waals surface area contributed by atoms with Crippen LogP contribution in [0.15, 0.2) is 42.6 Å². The highest BCUT2D eigenvalue weighted by Gasteiger charge is 2.03. The first-order valence-electron chi connectivity index (χ1n) is 5.73. The first-order valence-corrected chi connectivity index (χ1v) is 5.73. The molecule has 0 atom stereocenters. The Kier molecular flexibility index (Phi) is 4.15. The van der Waals surface area contributed by atoms with Crippen molar-refractivity contribution in [3.05, 3.63) is 53.9 Å². The monoisotopic (exact) mass is 244 g/mol. The fraction of sp³-hybridized carbons (Fsp3) is 0.214. The first kappa shape index (κ1) is 12.4. The van der Waals surface area contributed by atoms with Crippen molar-refractivity contribution in [2.45, 2.75) is 13.2 Å². The van der Waals surface area contributed by atoms with Crippen molar-refractivity contribution in [2.75, 3.05) is 7.11 Å². The van der Waals surface area contributed by atoms with E-state index in [1.165, 1.54) is 0 Å². The van der Waals surface area contributed by atoms with E-state index in [1.807, 2.05) is 36.4 Å². The van der Waals surface area contributed by atoms with Gasteiger partial charge in [0.05, 0.1) is 12.8 Å². The second kappa shape index (κ2) is 6.02. The Morgan fingerprint density at radius 2 is 2.11 bits per heavy atom. The summed E-state index contributed by atoms with van der Waals surface area (Å²) in [5.74, 6) is 1.55. The van der Waals surface area contributed by atoms with Crippen molar-refractivity contribution in [2.24, 2.45) is 5.73 Å². The van der Waals surface area contributed by atoms with Crippen molar-refractivity contribution in [3.8, 4) is 11.5 Å². The summed E-state index contributed by atoms with van der Waals surface area (Å²) in [5.41, 5.74) is 7.41. The minimum Gasteiger partial charge on any atom is -0.497 e. The van der Waals surface area contributed by atoms with Gasteiger partial charge in [-0.05, 0) is 29.8 Å². The maximum Gasteiger partial charge on any atom is 0.142 e. The minimum absolute atomic E-state index is 0.369. The van der Waals surface area contributed by atoms with E-state index in [1.54, 1.807) is 13.3 Å². The van der Waals surface area contributed by atoms with Crippen LogP contribution in [0.2, 0.25) is 0 Å². The van der Waals surface area contributed by atoms with Crippen LogP contribution in [0.25, 0.3) is 0 Å². The van der Waals surface area contributed by atoms with E-state index in [2.05, 4.69) is 4.98 Å². The lowest BCUT2D eigenvalue weighted by molar-refractivity contribution is 0.300. The molecule has 0 unspecified atom stereocenters. The normalized spacial score (nSPS) is 10.1. The Labute approximate surface area is 106 Å². The number of hydrogen-bond acceptors (Lipinski definition) is 4. The Hall–Kier alpha value is -2.07. The van der Waals surface area contributed by atoms with Crippen LogP contribution in [0.1, 0.15) is 11.3 Å². The second-order valence-electron chi connectivity index (χ2n) is 3.79. The molecule has 0 aliphatic heterocycles. The Morgan fingerprint density at radius 3 is 2.89 bits per heavy atom. The van der Waals surface area contributed by atoms with Gasteiger partial charge in [0.1, 0.15) is 18.1 Å². The lowest BCUT2D eigenvalue weighted by Gasteiger charge is -2.10. The van der Waals surface area contributed by atoms with Gasteiger partial charge in [0.2, 0.25) is 0 Å². The molecule has 2 N–H and O–H groups in total. The molecule has 0 radical (unpaired) electrons. The van der Waals surface area contributed by atoms with E-state index in [9.17, 15) is 0 Å². The van der Waals surface area contributed by atoms with Gasteiger partial charge < -0.3 is 15.2 Å². The third-order valence-electron chi connectivity index (χ3n) is 2.57. The third kappa shape index (κ3) is 2.99. The van der Waals surface area contributed by atoms with Gasteiger partial charge in [0.25, 0.3) is 0 Å². The van der Waals surface area contributed by atoms with E-state index in [0.29, 0.717) is 13.2 Å². The number of aromatic nitrogens is 1. The number of benzene rings is 1. The average Bonchev–Trinajstić information content (AvgIpc) is 2.45. The van der Waals surface area contributed by atoms with Crippen LogP contribution in [-0.2, 0) is 13.2 Å². The van der Waals surface area contributed by atoms with Gasteiger partial charge in [-0.1, -0.05) is 12.1 Å². The summed E-state index contributed by atoms with van der Waals surface area (Å²) in [7, 11) is 1.65. The van der Waals surface area contributed by atoms with Gasteiger partial charge in [-0.3, -0.25) is 4.98 Å². The number of hydrogen-bond donors (Lipinski definition) is 1. The molecular formula is C14H16N2O2. The largest absolute Gasteiger partial charge is 0.497 e. The van der Waals surface area contributed by atoms with E-state index in [-0.39, 0.29) is 0 Å². The van der Waals surface area contributed by atoms with Gasteiger partial charge in [0, 0.05) is 12.7 Å². The van der Waals surface area contributed by atoms with E-state index in [4.69, 9.17) is 15.2 Å². The van der Waals surface area contributed by atoms with Crippen LogP contribution in [0.5, 0.6) is 11.5 Å². The zero-order valence-corrected chi connectivity index (χ0v) is 10.3. The molecule has 94 valence electrons. The Bertz CT molecular complexity index is 515. The molecule has 1 aromatic carbocycles. The highest BCUT2D eigenvalue weighted by atomic mass is 16.5. The smallest absolute Gasteiger partial charge is 0.142 e. The fourth-order valence-corrected chi connectivity index (χ4v) is 1.63. The van der Waals surface area contributed by atoms with Crippen LogP contribution in [-0.4, -0.2) is 12.1 Å². The van der Waals surface area contributed by atoms with E-state index >= 15 is 0 Å². The minimum atomic E-state index is 0.369. The summed E-state index contributed by atoms with van der Waals surface area (Å²) in [5, 5.41) is 0. The zero-order valence-electron chi connectivity index (χ0n) is 10.3. The molecule has 1 aromatic heterocycles. The Balaban J connectivity index is 2.06. The summed E-state index contributed by atoms with van der Waals surface area (Å²) >= 11 is 0. The fourth-order valence-electron chi connectivity index (χ4n) is 1.63. The van der Waals surface area contributed by atoms with Crippen LogP contribution in [0.4, 0.5) is 0 Å². The van der Waals surface area contributed by atoms with Gasteiger partial charge in [-0.15, -0.1) is 0 Å². The molecule has 0 fully saturated rings. The Morgan fingerprint density at radius 1 is 1.22 bits per heavy atom. The number of pyridine rings is 1. The summed E-state index contributed by atoms with van der Waals surface area (Å²) < 4.78 is 10.9. The lowest BCUT2D eigenvalue weighted by Crippen LogP contribution is -2.04. The molecule has 1 heterocycles. The van der Waals surface area contributed by atoms with Crippen molar-refractivity contribution in [1.82, 2.24) is 4.98 Å². The zero-order chi connectivity index (χ0) is 12.8. The van der Waals surface area contributed by atoms with Gasteiger partial charge in [0.15, 0.2) is 0 Å². The SMILES string of the molecule is COc1cccc(COc2cccnc2CN)c1. The van der Waals surface area contributed by atoms with Crippen molar-refractivity contribution in [3.63, 3.8) is 0 Å². The number of nitrogens with zero attached hydrogens (tertiary/aromatic N) is 1. The van der Waals surface area contributed by atoms with Gasteiger partial charge >= 0.3 is 0 Å². The molecule has 4 heteroatoms. The highest BCUT2D eigenvalue weighted by Crippen LogP contribution is 2.18. The van der Waals surface area contributed by atoms with Crippen molar-refractivity contribution in [1.29, 1.82) is 0 Å². The number of rotatable bonds is 5. The molecule has 2 aromatic rings. The number of methoxy groups -OCH3 is 1. The van der Waals surface area contributed by atoms with E-state index in [0.717, 1.165) is 22.8 Å².